The standard InChI is InChI=1S/C10H9ClN2O/c11-7-2-1-3-8-10(7)13-5-6(14)4-9(13)12-8/h1-3,6,14H,4-5H2. The Morgan fingerprint density at radius 1 is 1.50 bits per heavy atom. The number of benzene rings is 1. The average molecular weight is 209 g/mol. The summed E-state index contributed by atoms with van der Waals surface area (Å²) in [5.41, 5.74) is 1.86. The van der Waals surface area contributed by atoms with Crippen molar-refractivity contribution in [2.45, 2.75) is 19.1 Å². The van der Waals surface area contributed by atoms with Gasteiger partial charge in [0, 0.05) is 6.42 Å². The highest BCUT2D eigenvalue weighted by Gasteiger charge is 2.23. The molecule has 4 heteroatoms. The molecule has 2 heterocycles. The van der Waals surface area contributed by atoms with Crippen LogP contribution in [0.5, 0.6) is 0 Å². The van der Waals surface area contributed by atoms with Gasteiger partial charge < -0.3 is 9.67 Å². The molecule has 0 saturated carbocycles. The highest BCUT2D eigenvalue weighted by molar-refractivity contribution is 6.35. The van der Waals surface area contributed by atoms with Crippen LogP contribution in [0.15, 0.2) is 18.2 Å². The van der Waals surface area contributed by atoms with Crippen molar-refractivity contribution in [3.05, 3.63) is 29.0 Å². The van der Waals surface area contributed by atoms with Crippen LogP contribution in [0.25, 0.3) is 11.0 Å². The van der Waals surface area contributed by atoms with Crippen LogP contribution in [0.1, 0.15) is 5.82 Å². The third-order valence-corrected chi connectivity index (χ3v) is 2.91. The Kier molecular flexibility index (Phi) is 1.60. The van der Waals surface area contributed by atoms with Gasteiger partial charge >= 0.3 is 0 Å². The molecule has 3 nitrogen and oxygen atoms in total. The van der Waals surface area contributed by atoms with E-state index in [0.29, 0.717) is 18.0 Å². The van der Waals surface area contributed by atoms with Crippen LogP contribution in [0.4, 0.5) is 0 Å². The molecular formula is C10H9ClN2O. The Morgan fingerprint density at radius 3 is 3.21 bits per heavy atom. The first-order valence-corrected chi connectivity index (χ1v) is 4.95. The largest absolute Gasteiger partial charge is 0.391 e. The Bertz CT molecular complexity index is 506. The minimum atomic E-state index is -0.307. The Labute approximate surface area is 85.9 Å². The summed E-state index contributed by atoms with van der Waals surface area (Å²) < 4.78 is 2.00. The molecule has 0 fully saturated rings. The van der Waals surface area contributed by atoms with E-state index in [1.807, 2.05) is 22.8 Å². The Balaban J connectivity index is 2.35. The lowest BCUT2D eigenvalue weighted by atomic mass is 10.3. The second-order valence-corrected chi connectivity index (χ2v) is 4.01. The van der Waals surface area contributed by atoms with Gasteiger partial charge in [-0.3, -0.25) is 0 Å². The lowest BCUT2D eigenvalue weighted by Crippen LogP contribution is -2.07. The normalized spacial score (nSPS) is 20.3. The maximum Gasteiger partial charge on any atom is 0.112 e. The molecule has 1 aromatic carbocycles. The van der Waals surface area contributed by atoms with Crippen LogP contribution in [0.3, 0.4) is 0 Å². The number of para-hydroxylation sites is 1. The topological polar surface area (TPSA) is 38.1 Å². The molecule has 2 aromatic rings. The van der Waals surface area contributed by atoms with Crippen LogP contribution in [0.2, 0.25) is 5.02 Å². The third kappa shape index (κ3) is 0.996. The zero-order chi connectivity index (χ0) is 9.71. The monoisotopic (exact) mass is 208 g/mol. The van der Waals surface area contributed by atoms with Crippen LogP contribution in [-0.2, 0) is 13.0 Å². The molecule has 0 radical (unpaired) electrons. The zero-order valence-corrected chi connectivity index (χ0v) is 8.20. The second-order valence-electron chi connectivity index (χ2n) is 3.60. The molecule has 1 atom stereocenters. The summed E-state index contributed by atoms with van der Waals surface area (Å²) in [5.74, 6) is 0.931. The van der Waals surface area contributed by atoms with E-state index in [1.54, 1.807) is 0 Å². The molecule has 1 N–H and O–H groups in total. The summed E-state index contributed by atoms with van der Waals surface area (Å²) in [6, 6.07) is 5.69. The molecule has 0 spiro atoms. The summed E-state index contributed by atoms with van der Waals surface area (Å²) in [4.78, 5) is 4.42. The number of nitrogens with zero attached hydrogens (tertiary/aromatic N) is 2. The summed E-state index contributed by atoms with van der Waals surface area (Å²) in [7, 11) is 0. The molecule has 1 aliphatic rings. The first-order valence-electron chi connectivity index (χ1n) is 4.57. The van der Waals surface area contributed by atoms with Crippen molar-refractivity contribution in [1.82, 2.24) is 9.55 Å². The van der Waals surface area contributed by atoms with Crippen molar-refractivity contribution in [2.24, 2.45) is 0 Å². The number of hydrogen-bond acceptors (Lipinski definition) is 2. The molecule has 0 amide bonds. The van der Waals surface area contributed by atoms with Crippen LogP contribution in [0, 0.1) is 0 Å². The summed E-state index contributed by atoms with van der Waals surface area (Å²) in [6.45, 7) is 0.607. The first-order chi connectivity index (χ1) is 6.75. The van der Waals surface area contributed by atoms with Gasteiger partial charge in [-0.25, -0.2) is 4.98 Å². The third-order valence-electron chi connectivity index (χ3n) is 2.61. The lowest BCUT2D eigenvalue weighted by molar-refractivity contribution is 0.176. The highest BCUT2D eigenvalue weighted by atomic mass is 35.5. The van der Waals surface area contributed by atoms with E-state index < -0.39 is 0 Å². The predicted molar refractivity (Wildman–Crippen MR) is 54.5 cm³/mol. The van der Waals surface area contributed by atoms with Gasteiger partial charge in [-0.15, -0.1) is 0 Å². The number of halogens is 1. The fraction of sp³-hybridized carbons (Fsp3) is 0.300. The van der Waals surface area contributed by atoms with Crippen LogP contribution >= 0.6 is 11.6 Å². The molecular weight excluding hydrogens is 200 g/mol. The molecule has 72 valence electrons. The number of aromatic nitrogens is 2. The predicted octanol–water partition coefficient (Wildman–Crippen LogP) is 1.61. The van der Waals surface area contributed by atoms with Gasteiger partial charge in [0.05, 0.1) is 28.7 Å². The number of aliphatic hydroxyl groups excluding tert-OH is 1. The fourth-order valence-corrected chi connectivity index (χ4v) is 2.30. The van der Waals surface area contributed by atoms with Crippen molar-refractivity contribution in [3.8, 4) is 0 Å². The summed E-state index contributed by atoms with van der Waals surface area (Å²) >= 11 is 6.09. The van der Waals surface area contributed by atoms with E-state index in [9.17, 15) is 5.11 Å². The Morgan fingerprint density at radius 2 is 2.36 bits per heavy atom. The van der Waals surface area contributed by atoms with Crippen LogP contribution < -0.4 is 0 Å². The van der Waals surface area contributed by atoms with Gasteiger partial charge in [0.25, 0.3) is 0 Å². The number of aliphatic hydroxyl groups is 1. The summed E-state index contributed by atoms with van der Waals surface area (Å²) in [6.07, 6.45) is 0.323. The number of fused-ring (bicyclic) bond motifs is 3. The van der Waals surface area contributed by atoms with E-state index in [2.05, 4.69) is 4.98 Å². The quantitative estimate of drug-likeness (QED) is 0.714. The van der Waals surface area contributed by atoms with Crippen LogP contribution in [-0.4, -0.2) is 20.8 Å². The van der Waals surface area contributed by atoms with Gasteiger partial charge in [0.1, 0.15) is 5.82 Å². The minimum absolute atomic E-state index is 0.307. The highest BCUT2D eigenvalue weighted by Crippen LogP contribution is 2.28. The van der Waals surface area contributed by atoms with Gasteiger partial charge in [0.2, 0.25) is 0 Å². The van der Waals surface area contributed by atoms with Gasteiger partial charge in [-0.1, -0.05) is 17.7 Å². The number of imidazole rings is 1. The molecule has 1 aromatic heterocycles. The van der Waals surface area contributed by atoms with E-state index >= 15 is 0 Å². The summed E-state index contributed by atoms with van der Waals surface area (Å²) in [5, 5.41) is 10.2. The maximum atomic E-state index is 9.49. The number of rotatable bonds is 0. The van der Waals surface area contributed by atoms with Crippen molar-refractivity contribution >= 4 is 22.6 Å². The smallest absolute Gasteiger partial charge is 0.112 e. The molecule has 1 aliphatic heterocycles. The zero-order valence-electron chi connectivity index (χ0n) is 7.44. The fourth-order valence-electron chi connectivity index (χ4n) is 2.03. The minimum Gasteiger partial charge on any atom is -0.391 e. The van der Waals surface area contributed by atoms with Gasteiger partial charge in [-0.05, 0) is 12.1 Å². The second kappa shape index (κ2) is 2.72. The van der Waals surface area contributed by atoms with E-state index in [0.717, 1.165) is 16.9 Å². The molecule has 0 aliphatic carbocycles. The number of hydrogen-bond donors (Lipinski definition) is 1. The van der Waals surface area contributed by atoms with E-state index in [1.165, 1.54) is 0 Å². The lowest BCUT2D eigenvalue weighted by Gasteiger charge is -2.02. The van der Waals surface area contributed by atoms with E-state index in [4.69, 9.17) is 11.6 Å². The van der Waals surface area contributed by atoms with Crippen molar-refractivity contribution in [1.29, 1.82) is 0 Å². The molecule has 0 bridgehead atoms. The average Bonchev–Trinajstić information content (AvgIpc) is 2.60. The van der Waals surface area contributed by atoms with Crippen molar-refractivity contribution in [3.63, 3.8) is 0 Å². The first kappa shape index (κ1) is 8.26. The van der Waals surface area contributed by atoms with Crippen molar-refractivity contribution in [2.75, 3.05) is 0 Å². The molecule has 0 saturated heterocycles. The van der Waals surface area contributed by atoms with Crippen molar-refractivity contribution < 1.29 is 5.11 Å². The Hall–Kier alpha value is -1.06. The molecule has 1 unspecified atom stereocenters. The molecule has 14 heavy (non-hydrogen) atoms. The maximum absolute atomic E-state index is 9.49. The SMILES string of the molecule is OC1Cc2nc3cccc(Cl)c3n2C1. The van der Waals surface area contributed by atoms with Gasteiger partial charge in [0.15, 0.2) is 0 Å². The van der Waals surface area contributed by atoms with Gasteiger partial charge in [-0.2, -0.15) is 0 Å². The van der Waals surface area contributed by atoms with E-state index in [-0.39, 0.29) is 6.10 Å². The molecule has 3 rings (SSSR count).